The van der Waals surface area contributed by atoms with Crippen LogP contribution in [0.4, 0.5) is 0 Å². The summed E-state index contributed by atoms with van der Waals surface area (Å²) in [4.78, 5) is 12.7. The fourth-order valence-electron chi connectivity index (χ4n) is 5.19. The monoisotopic (exact) mass is 372 g/mol. The standard InChI is InChI=1S/C26H28O2/c1-5-19-20-12-10-18(14-17(20)11-13-24(19)28)22-15-26(3,4)23-9-7-6-8-21(23)25(22)16(2)27/h6-14,22,25,28H,5,15H2,1-4H3. The van der Waals surface area contributed by atoms with Gasteiger partial charge in [0.2, 0.25) is 0 Å². The fourth-order valence-corrected chi connectivity index (χ4v) is 5.19. The van der Waals surface area contributed by atoms with Crippen LogP contribution in [-0.4, -0.2) is 10.9 Å². The number of phenols is 1. The second kappa shape index (κ2) is 6.77. The second-order valence-corrected chi connectivity index (χ2v) is 8.77. The molecule has 2 heteroatoms. The first-order valence-corrected chi connectivity index (χ1v) is 10.2. The molecule has 4 rings (SSSR count). The molecule has 1 aliphatic carbocycles. The van der Waals surface area contributed by atoms with Crippen LogP contribution in [0.3, 0.4) is 0 Å². The highest BCUT2D eigenvalue weighted by molar-refractivity contribution is 5.89. The predicted octanol–water partition coefficient (Wildman–Crippen LogP) is 6.25. The van der Waals surface area contributed by atoms with Crippen molar-refractivity contribution in [1.29, 1.82) is 0 Å². The lowest BCUT2D eigenvalue weighted by Gasteiger charge is -2.42. The summed E-state index contributed by atoms with van der Waals surface area (Å²) < 4.78 is 0. The Morgan fingerprint density at radius 2 is 1.86 bits per heavy atom. The quantitative estimate of drug-likeness (QED) is 0.590. The number of ketones is 1. The van der Waals surface area contributed by atoms with E-state index in [1.54, 1.807) is 13.0 Å². The molecule has 0 aliphatic heterocycles. The van der Waals surface area contributed by atoms with Crippen LogP contribution in [0.5, 0.6) is 5.75 Å². The average Bonchev–Trinajstić information content (AvgIpc) is 2.67. The Morgan fingerprint density at radius 1 is 1.11 bits per heavy atom. The van der Waals surface area contributed by atoms with Crippen LogP contribution in [0.2, 0.25) is 0 Å². The Bertz CT molecular complexity index is 1060. The molecule has 2 unspecified atom stereocenters. The maximum Gasteiger partial charge on any atom is 0.137 e. The molecule has 3 aromatic carbocycles. The maximum absolute atomic E-state index is 12.7. The lowest BCUT2D eigenvalue weighted by molar-refractivity contribution is -0.119. The number of hydrogen-bond acceptors (Lipinski definition) is 2. The van der Waals surface area contributed by atoms with Crippen molar-refractivity contribution in [2.24, 2.45) is 0 Å². The van der Waals surface area contributed by atoms with Crippen molar-refractivity contribution >= 4 is 16.6 Å². The van der Waals surface area contributed by atoms with Gasteiger partial charge < -0.3 is 5.11 Å². The van der Waals surface area contributed by atoms with Gasteiger partial charge >= 0.3 is 0 Å². The van der Waals surface area contributed by atoms with E-state index in [4.69, 9.17) is 0 Å². The summed E-state index contributed by atoms with van der Waals surface area (Å²) in [6, 6.07) is 18.7. The first-order valence-electron chi connectivity index (χ1n) is 10.2. The highest BCUT2D eigenvalue weighted by atomic mass is 16.3. The molecule has 1 N–H and O–H groups in total. The van der Waals surface area contributed by atoms with Crippen LogP contribution in [0.25, 0.3) is 10.8 Å². The average molecular weight is 373 g/mol. The molecular weight excluding hydrogens is 344 g/mol. The molecule has 0 saturated heterocycles. The topological polar surface area (TPSA) is 37.3 Å². The van der Waals surface area contributed by atoms with Crippen LogP contribution in [0.15, 0.2) is 54.6 Å². The van der Waals surface area contributed by atoms with Crippen molar-refractivity contribution < 1.29 is 9.90 Å². The van der Waals surface area contributed by atoms with Gasteiger partial charge in [-0.3, -0.25) is 4.79 Å². The summed E-state index contributed by atoms with van der Waals surface area (Å²) in [5.41, 5.74) is 4.69. The van der Waals surface area contributed by atoms with Crippen LogP contribution < -0.4 is 0 Å². The molecule has 0 bridgehead atoms. The normalized spacial score (nSPS) is 20.7. The molecule has 0 heterocycles. The number of hydrogen-bond donors (Lipinski definition) is 1. The number of Topliss-reactive ketones (excluding diaryl/α,β-unsaturated/α-hetero) is 1. The second-order valence-electron chi connectivity index (χ2n) is 8.77. The van der Waals surface area contributed by atoms with Crippen molar-refractivity contribution in [2.75, 3.05) is 0 Å². The van der Waals surface area contributed by atoms with Crippen LogP contribution >= 0.6 is 0 Å². The van der Waals surface area contributed by atoms with E-state index >= 15 is 0 Å². The van der Waals surface area contributed by atoms with Gasteiger partial charge in [-0.2, -0.15) is 0 Å². The molecule has 0 aromatic heterocycles. The number of aryl methyl sites for hydroxylation is 1. The summed E-state index contributed by atoms with van der Waals surface area (Å²) in [6.45, 7) is 8.35. The summed E-state index contributed by atoms with van der Waals surface area (Å²) >= 11 is 0. The van der Waals surface area contributed by atoms with E-state index in [1.807, 2.05) is 12.1 Å². The molecule has 144 valence electrons. The summed E-state index contributed by atoms with van der Waals surface area (Å²) in [5, 5.41) is 12.4. The van der Waals surface area contributed by atoms with E-state index in [0.717, 1.165) is 29.2 Å². The number of carbonyl (C=O) groups is 1. The van der Waals surface area contributed by atoms with E-state index in [0.29, 0.717) is 5.75 Å². The lowest BCUT2D eigenvalue weighted by Crippen LogP contribution is -2.34. The van der Waals surface area contributed by atoms with Crippen molar-refractivity contribution in [1.82, 2.24) is 0 Å². The fraction of sp³-hybridized carbons (Fsp3) is 0.346. The maximum atomic E-state index is 12.7. The molecule has 1 aliphatic rings. The summed E-state index contributed by atoms with van der Waals surface area (Å²) in [6.07, 6.45) is 1.74. The van der Waals surface area contributed by atoms with Crippen LogP contribution in [0, 0.1) is 0 Å². The molecule has 2 atom stereocenters. The van der Waals surface area contributed by atoms with E-state index in [1.165, 1.54) is 16.7 Å². The van der Waals surface area contributed by atoms with Crippen molar-refractivity contribution in [2.45, 2.75) is 57.8 Å². The zero-order valence-corrected chi connectivity index (χ0v) is 17.1. The minimum atomic E-state index is -0.107. The molecular formula is C26H28O2. The molecule has 2 nitrogen and oxygen atoms in total. The Kier molecular flexibility index (Phi) is 4.53. The number of aromatic hydroxyl groups is 1. The minimum absolute atomic E-state index is 0.0195. The third-order valence-corrected chi connectivity index (χ3v) is 6.51. The Balaban J connectivity index is 1.88. The van der Waals surface area contributed by atoms with Gasteiger partial charge in [0.25, 0.3) is 0 Å². The molecule has 0 spiro atoms. The molecule has 0 fully saturated rings. The number of fused-ring (bicyclic) bond motifs is 2. The van der Waals surface area contributed by atoms with Gasteiger partial charge in [-0.15, -0.1) is 0 Å². The zero-order valence-electron chi connectivity index (χ0n) is 17.1. The number of benzene rings is 3. The van der Waals surface area contributed by atoms with Crippen LogP contribution in [0.1, 0.15) is 68.2 Å². The van der Waals surface area contributed by atoms with Gasteiger partial charge in [0.1, 0.15) is 11.5 Å². The smallest absolute Gasteiger partial charge is 0.137 e. The van der Waals surface area contributed by atoms with E-state index in [9.17, 15) is 9.90 Å². The van der Waals surface area contributed by atoms with Crippen molar-refractivity contribution in [3.63, 3.8) is 0 Å². The zero-order chi connectivity index (χ0) is 20.1. The SMILES string of the molecule is CCc1c(O)ccc2cc(C3CC(C)(C)c4ccccc4C3C(C)=O)ccc12. The minimum Gasteiger partial charge on any atom is -0.508 e. The van der Waals surface area contributed by atoms with Gasteiger partial charge in [0, 0.05) is 11.5 Å². The Morgan fingerprint density at radius 3 is 2.57 bits per heavy atom. The molecule has 28 heavy (non-hydrogen) atoms. The molecule has 3 aromatic rings. The van der Waals surface area contributed by atoms with Crippen molar-refractivity contribution in [3.05, 3.63) is 76.9 Å². The van der Waals surface area contributed by atoms with Gasteiger partial charge in [0.15, 0.2) is 0 Å². The number of phenolic OH excluding ortho intramolecular Hbond substituents is 1. The van der Waals surface area contributed by atoms with E-state index in [-0.39, 0.29) is 23.0 Å². The summed E-state index contributed by atoms with van der Waals surface area (Å²) in [7, 11) is 0. The highest BCUT2D eigenvalue weighted by Crippen LogP contribution is 2.50. The van der Waals surface area contributed by atoms with Crippen LogP contribution in [-0.2, 0) is 16.6 Å². The first kappa shape index (κ1) is 18.7. The highest BCUT2D eigenvalue weighted by Gasteiger charge is 2.41. The lowest BCUT2D eigenvalue weighted by atomic mass is 9.61. The third kappa shape index (κ3) is 2.92. The number of carbonyl (C=O) groups excluding carboxylic acids is 1. The molecule has 0 amide bonds. The Labute approximate surface area is 167 Å². The third-order valence-electron chi connectivity index (χ3n) is 6.51. The van der Waals surface area contributed by atoms with Crippen molar-refractivity contribution in [3.8, 4) is 5.75 Å². The largest absolute Gasteiger partial charge is 0.508 e. The number of rotatable bonds is 3. The molecule has 0 radical (unpaired) electrons. The van der Waals surface area contributed by atoms with Gasteiger partial charge in [-0.05, 0) is 64.6 Å². The van der Waals surface area contributed by atoms with E-state index in [2.05, 4.69) is 57.2 Å². The predicted molar refractivity (Wildman–Crippen MR) is 115 cm³/mol. The molecule has 0 saturated carbocycles. The van der Waals surface area contributed by atoms with Gasteiger partial charge in [-0.1, -0.05) is 69.3 Å². The Hall–Kier alpha value is -2.61. The first-order chi connectivity index (χ1) is 13.3. The summed E-state index contributed by atoms with van der Waals surface area (Å²) in [5.74, 6) is 0.639. The van der Waals surface area contributed by atoms with Gasteiger partial charge in [-0.25, -0.2) is 0 Å². The van der Waals surface area contributed by atoms with Gasteiger partial charge in [0.05, 0.1) is 0 Å². The van der Waals surface area contributed by atoms with E-state index < -0.39 is 0 Å².